The van der Waals surface area contributed by atoms with E-state index in [9.17, 15) is 0 Å². The molecule has 0 saturated carbocycles. The van der Waals surface area contributed by atoms with Crippen molar-refractivity contribution in [1.29, 1.82) is 0 Å². The van der Waals surface area contributed by atoms with Crippen LogP contribution in [0.4, 0.5) is 11.4 Å². The summed E-state index contributed by atoms with van der Waals surface area (Å²) in [6.45, 7) is 8.27. The van der Waals surface area contributed by atoms with Gasteiger partial charge < -0.3 is 15.4 Å². The minimum atomic E-state index is 0.672. The van der Waals surface area contributed by atoms with E-state index in [1.165, 1.54) is 17.7 Å². The fourth-order valence-electron chi connectivity index (χ4n) is 3.19. The Kier molecular flexibility index (Phi) is 3.62. The maximum Gasteiger partial charge on any atom is 0.0594 e. The number of ether oxygens (including phenoxy) is 1. The maximum absolute atomic E-state index is 5.95. The van der Waals surface area contributed by atoms with Crippen molar-refractivity contribution in [3.05, 3.63) is 23.8 Å². The highest BCUT2D eigenvalue weighted by atomic mass is 16.5. The Morgan fingerprint density at radius 1 is 1.16 bits per heavy atom. The molecule has 0 bridgehead atoms. The quantitative estimate of drug-likeness (QED) is 0.819. The summed E-state index contributed by atoms with van der Waals surface area (Å²) in [6.07, 6.45) is 1.24. The normalized spacial score (nSPS) is 24.9. The van der Waals surface area contributed by atoms with E-state index in [4.69, 9.17) is 10.5 Å². The zero-order valence-electron chi connectivity index (χ0n) is 11.6. The highest BCUT2D eigenvalue weighted by Gasteiger charge is 2.28. The number of nitrogens with two attached hydrogens (primary N) is 1. The van der Waals surface area contributed by atoms with Gasteiger partial charge in [-0.2, -0.15) is 0 Å². The first-order chi connectivity index (χ1) is 9.22. The van der Waals surface area contributed by atoms with E-state index >= 15 is 0 Å². The minimum Gasteiger partial charge on any atom is -0.399 e. The summed E-state index contributed by atoms with van der Waals surface area (Å²) < 4.78 is 5.43. The van der Waals surface area contributed by atoms with Crippen LogP contribution in [0.25, 0.3) is 0 Å². The Morgan fingerprint density at radius 2 is 1.95 bits per heavy atom. The molecule has 0 aromatic heterocycles. The summed E-state index contributed by atoms with van der Waals surface area (Å²) >= 11 is 0. The standard InChI is InChI=1S/C15H23N3O/c1-12-8-13(16)10-15(9-12)18-3-2-14(11-18)17-4-6-19-7-5-17/h8-10,14H,2-7,11,16H2,1H3. The van der Waals surface area contributed by atoms with E-state index in [1.54, 1.807) is 0 Å². The van der Waals surface area contributed by atoms with Gasteiger partial charge in [-0.1, -0.05) is 0 Å². The first kappa shape index (κ1) is 12.8. The van der Waals surface area contributed by atoms with E-state index in [0.717, 1.165) is 45.1 Å². The van der Waals surface area contributed by atoms with Crippen LogP contribution < -0.4 is 10.6 Å². The van der Waals surface area contributed by atoms with Gasteiger partial charge in [0.15, 0.2) is 0 Å². The van der Waals surface area contributed by atoms with Gasteiger partial charge in [0.25, 0.3) is 0 Å². The molecule has 4 nitrogen and oxygen atoms in total. The SMILES string of the molecule is Cc1cc(N)cc(N2CCC(N3CCOCC3)C2)c1. The zero-order valence-corrected chi connectivity index (χ0v) is 11.6. The summed E-state index contributed by atoms with van der Waals surface area (Å²) in [7, 11) is 0. The lowest BCUT2D eigenvalue weighted by Crippen LogP contribution is -2.44. The van der Waals surface area contributed by atoms with Gasteiger partial charge in [-0.3, -0.25) is 4.90 Å². The molecule has 1 unspecified atom stereocenters. The average Bonchev–Trinajstić information content (AvgIpc) is 2.88. The molecule has 0 aliphatic carbocycles. The predicted octanol–water partition coefficient (Wildman–Crippen LogP) is 1.49. The van der Waals surface area contributed by atoms with Gasteiger partial charge in [0.2, 0.25) is 0 Å². The summed E-state index contributed by atoms with van der Waals surface area (Å²) in [5, 5.41) is 0. The second-order valence-electron chi connectivity index (χ2n) is 5.64. The third-order valence-electron chi connectivity index (χ3n) is 4.18. The van der Waals surface area contributed by atoms with Crippen LogP contribution in [0.3, 0.4) is 0 Å². The Morgan fingerprint density at radius 3 is 2.68 bits per heavy atom. The number of benzene rings is 1. The van der Waals surface area contributed by atoms with Crippen LogP contribution >= 0.6 is 0 Å². The Bertz CT molecular complexity index is 423. The summed E-state index contributed by atoms with van der Waals surface area (Å²) in [5.74, 6) is 0. The highest BCUT2D eigenvalue weighted by Crippen LogP contribution is 2.26. The summed E-state index contributed by atoms with van der Waals surface area (Å²) in [4.78, 5) is 5.03. The number of nitrogens with zero attached hydrogens (tertiary/aromatic N) is 2. The van der Waals surface area contributed by atoms with Crippen molar-refractivity contribution in [2.75, 3.05) is 50.0 Å². The number of hydrogen-bond acceptors (Lipinski definition) is 4. The van der Waals surface area contributed by atoms with E-state index in [2.05, 4.69) is 28.9 Å². The van der Waals surface area contributed by atoms with Gasteiger partial charge in [0.05, 0.1) is 13.2 Å². The van der Waals surface area contributed by atoms with Crippen LogP contribution in [-0.2, 0) is 4.74 Å². The molecule has 1 aromatic rings. The summed E-state index contributed by atoms with van der Waals surface area (Å²) in [6, 6.07) is 7.02. The number of aryl methyl sites for hydroxylation is 1. The number of rotatable bonds is 2. The van der Waals surface area contributed by atoms with Crippen LogP contribution in [0, 0.1) is 6.92 Å². The molecule has 2 saturated heterocycles. The van der Waals surface area contributed by atoms with Crippen molar-refractivity contribution < 1.29 is 4.74 Å². The first-order valence-corrected chi connectivity index (χ1v) is 7.16. The zero-order chi connectivity index (χ0) is 13.2. The van der Waals surface area contributed by atoms with Crippen LogP contribution in [0.1, 0.15) is 12.0 Å². The lowest BCUT2D eigenvalue weighted by molar-refractivity contribution is 0.0209. The van der Waals surface area contributed by atoms with Crippen LogP contribution in [-0.4, -0.2) is 50.3 Å². The fraction of sp³-hybridized carbons (Fsp3) is 0.600. The third-order valence-corrected chi connectivity index (χ3v) is 4.18. The van der Waals surface area contributed by atoms with Crippen molar-refractivity contribution in [1.82, 2.24) is 4.90 Å². The second kappa shape index (κ2) is 5.39. The Hall–Kier alpha value is -1.26. The van der Waals surface area contributed by atoms with E-state index in [1.807, 2.05) is 6.07 Å². The topological polar surface area (TPSA) is 41.7 Å². The molecule has 19 heavy (non-hydrogen) atoms. The van der Waals surface area contributed by atoms with Gasteiger partial charge in [0, 0.05) is 43.6 Å². The minimum absolute atomic E-state index is 0.672. The van der Waals surface area contributed by atoms with Crippen LogP contribution in [0.2, 0.25) is 0 Å². The van der Waals surface area contributed by atoms with Crippen LogP contribution in [0.5, 0.6) is 0 Å². The molecule has 1 aromatic carbocycles. The Balaban J connectivity index is 1.67. The molecule has 3 rings (SSSR count). The molecule has 4 heteroatoms. The molecule has 2 fully saturated rings. The highest BCUT2D eigenvalue weighted by molar-refractivity contribution is 5.59. The molecule has 0 radical (unpaired) electrons. The molecule has 1 atom stereocenters. The van der Waals surface area contributed by atoms with Crippen molar-refractivity contribution in [3.8, 4) is 0 Å². The molecular formula is C15H23N3O. The van der Waals surface area contributed by atoms with Gasteiger partial charge in [0.1, 0.15) is 0 Å². The maximum atomic E-state index is 5.95. The second-order valence-corrected chi connectivity index (χ2v) is 5.64. The monoisotopic (exact) mass is 261 g/mol. The summed E-state index contributed by atoms with van der Waals surface area (Å²) in [5.41, 5.74) is 9.33. The van der Waals surface area contributed by atoms with Gasteiger partial charge >= 0.3 is 0 Å². The van der Waals surface area contributed by atoms with Crippen molar-refractivity contribution in [3.63, 3.8) is 0 Å². The number of anilines is 2. The fourth-order valence-corrected chi connectivity index (χ4v) is 3.19. The smallest absolute Gasteiger partial charge is 0.0594 e. The predicted molar refractivity (Wildman–Crippen MR) is 78.6 cm³/mol. The lowest BCUT2D eigenvalue weighted by Gasteiger charge is -2.32. The molecular weight excluding hydrogens is 238 g/mol. The first-order valence-electron chi connectivity index (χ1n) is 7.16. The molecule has 2 heterocycles. The average molecular weight is 261 g/mol. The number of hydrogen-bond donors (Lipinski definition) is 1. The van der Waals surface area contributed by atoms with E-state index < -0.39 is 0 Å². The van der Waals surface area contributed by atoms with Crippen molar-refractivity contribution in [2.24, 2.45) is 0 Å². The largest absolute Gasteiger partial charge is 0.399 e. The van der Waals surface area contributed by atoms with Crippen LogP contribution in [0.15, 0.2) is 18.2 Å². The van der Waals surface area contributed by atoms with Gasteiger partial charge in [-0.15, -0.1) is 0 Å². The number of morpholine rings is 1. The molecule has 0 amide bonds. The van der Waals surface area contributed by atoms with Gasteiger partial charge in [-0.25, -0.2) is 0 Å². The molecule has 2 aliphatic rings. The third kappa shape index (κ3) is 2.85. The molecule has 0 spiro atoms. The molecule has 2 aliphatic heterocycles. The molecule has 104 valence electrons. The van der Waals surface area contributed by atoms with Gasteiger partial charge in [-0.05, 0) is 37.1 Å². The van der Waals surface area contributed by atoms with E-state index in [0.29, 0.717) is 6.04 Å². The van der Waals surface area contributed by atoms with E-state index in [-0.39, 0.29) is 0 Å². The van der Waals surface area contributed by atoms with Crippen molar-refractivity contribution >= 4 is 11.4 Å². The lowest BCUT2D eigenvalue weighted by atomic mass is 10.2. The number of nitrogen functional groups attached to an aromatic ring is 1. The molecule has 2 N–H and O–H groups in total. The Labute approximate surface area is 115 Å². The van der Waals surface area contributed by atoms with Crippen molar-refractivity contribution in [2.45, 2.75) is 19.4 Å².